The molecule has 0 aliphatic carbocycles. The monoisotopic (exact) mass is 236 g/mol. The summed E-state index contributed by atoms with van der Waals surface area (Å²) in [4.78, 5) is 6.23. The van der Waals surface area contributed by atoms with E-state index < -0.39 is 0 Å². The van der Waals surface area contributed by atoms with Crippen LogP contribution in [0.4, 0.5) is 5.69 Å². The van der Waals surface area contributed by atoms with E-state index in [1.807, 2.05) is 38.8 Å². The molecule has 0 spiro atoms. The maximum atomic E-state index is 9.19. The van der Waals surface area contributed by atoms with Crippen LogP contribution in [0.2, 0.25) is 0 Å². The average molecular weight is 236 g/mol. The van der Waals surface area contributed by atoms with Crippen LogP contribution in [0.3, 0.4) is 0 Å². The zero-order chi connectivity index (χ0) is 13.2. The molecule has 0 fully saturated rings. The highest BCUT2D eigenvalue weighted by Crippen LogP contribution is 2.24. The molecule has 94 valence electrons. The van der Waals surface area contributed by atoms with Crippen molar-refractivity contribution < 1.29 is 5.11 Å². The number of nitrogen functional groups attached to an aromatic ring is 1. The molecule has 1 unspecified atom stereocenters. The number of aromatic nitrogens is 1. The summed E-state index contributed by atoms with van der Waals surface area (Å²) in [7, 11) is 1.88. The molecule has 0 saturated heterocycles. The van der Waals surface area contributed by atoms with E-state index >= 15 is 0 Å². The molecule has 1 atom stereocenters. The average Bonchev–Trinajstić information content (AvgIpc) is 2.25. The van der Waals surface area contributed by atoms with E-state index in [9.17, 15) is 5.11 Å². The Bertz CT molecular complexity index is 431. The second kappa shape index (κ2) is 5.14. The van der Waals surface area contributed by atoms with Crippen LogP contribution in [0.5, 0.6) is 0 Å². The first kappa shape index (κ1) is 13.4. The number of hydrogen-bond acceptors (Lipinski definition) is 4. The summed E-state index contributed by atoms with van der Waals surface area (Å²) in [6, 6.07) is 1.85. The number of amidine groups is 1. The van der Waals surface area contributed by atoms with Gasteiger partial charge in [0.15, 0.2) is 0 Å². The highest BCUT2D eigenvalue weighted by molar-refractivity contribution is 6.01. The molecule has 1 aromatic rings. The SMILES string of the molecule is Cc1cc(N(C)C(C)CO)c(C(=N)N)c(C)n1. The molecule has 0 aliphatic rings. The van der Waals surface area contributed by atoms with Gasteiger partial charge in [-0.3, -0.25) is 10.4 Å². The lowest BCUT2D eigenvalue weighted by Crippen LogP contribution is -2.34. The summed E-state index contributed by atoms with van der Waals surface area (Å²) in [6.07, 6.45) is 0. The Hall–Kier alpha value is -1.62. The van der Waals surface area contributed by atoms with Crippen molar-refractivity contribution in [2.45, 2.75) is 26.8 Å². The van der Waals surface area contributed by atoms with Gasteiger partial charge in [0, 0.05) is 18.8 Å². The molecule has 0 saturated carbocycles. The predicted octanol–water partition coefficient (Wildman–Crippen LogP) is 0.800. The van der Waals surface area contributed by atoms with Gasteiger partial charge in [0.25, 0.3) is 0 Å². The zero-order valence-corrected chi connectivity index (χ0v) is 10.8. The minimum atomic E-state index is -0.0331. The molecule has 17 heavy (non-hydrogen) atoms. The molecule has 1 rings (SSSR count). The van der Waals surface area contributed by atoms with Crippen molar-refractivity contribution in [3.8, 4) is 0 Å². The molecule has 0 amide bonds. The van der Waals surface area contributed by atoms with E-state index in [1.165, 1.54) is 0 Å². The van der Waals surface area contributed by atoms with Crippen LogP contribution in [-0.4, -0.2) is 35.6 Å². The van der Waals surface area contributed by atoms with Crippen molar-refractivity contribution in [1.29, 1.82) is 5.41 Å². The molecule has 0 bridgehead atoms. The first-order valence-electron chi connectivity index (χ1n) is 5.54. The summed E-state index contributed by atoms with van der Waals surface area (Å²) in [5.74, 6) is 0.00184. The van der Waals surface area contributed by atoms with Crippen LogP contribution >= 0.6 is 0 Å². The number of aliphatic hydroxyl groups is 1. The lowest BCUT2D eigenvalue weighted by molar-refractivity contribution is 0.270. The number of anilines is 1. The smallest absolute Gasteiger partial charge is 0.126 e. The number of rotatable bonds is 4. The van der Waals surface area contributed by atoms with Crippen LogP contribution in [0.25, 0.3) is 0 Å². The molecule has 0 aliphatic heterocycles. The van der Waals surface area contributed by atoms with Crippen molar-refractivity contribution >= 4 is 11.5 Å². The molecule has 1 heterocycles. The van der Waals surface area contributed by atoms with E-state index in [1.54, 1.807) is 0 Å². The zero-order valence-electron chi connectivity index (χ0n) is 10.8. The Kier molecular flexibility index (Phi) is 4.07. The molecular weight excluding hydrogens is 216 g/mol. The summed E-state index contributed by atoms with van der Waals surface area (Å²) in [6.45, 7) is 5.70. The van der Waals surface area contributed by atoms with E-state index in [0.29, 0.717) is 5.56 Å². The highest BCUT2D eigenvalue weighted by atomic mass is 16.3. The van der Waals surface area contributed by atoms with Crippen molar-refractivity contribution in [1.82, 2.24) is 4.98 Å². The van der Waals surface area contributed by atoms with Crippen LogP contribution in [-0.2, 0) is 0 Å². The van der Waals surface area contributed by atoms with Gasteiger partial charge in [0.05, 0.1) is 23.6 Å². The number of nitrogens with two attached hydrogens (primary N) is 1. The fourth-order valence-electron chi connectivity index (χ4n) is 1.78. The van der Waals surface area contributed by atoms with Crippen molar-refractivity contribution in [2.24, 2.45) is 5.73 Å². The summed E-state index contributed by atoms with van der Waals surface area (Å²) < 4.78 is 0. The van der Waals surface area contributed by atoms with Crippen LogP contribution in [0, 0.1) is 19.3 Å². The Labute approximate surface area is 102 Å². The number of hydrogen-bond donors (Lipinski definition) is 3. The topological polar surface area (TPSA) is 86.2 Å². The molecule has 5 nitrogen and oxygen atoms in total. The van der Waals surface area contributed by atoms with Gasteiger partial charge in [-0.05, 0) is 26.8 Å². The maximum Gasteiger partial charge on any atom is 0.126 e. The van der Waals surface area contributed by atoms with Gasteiger partial charge < -0.3 is 15.7 Å². The first-order chi connectivity index (χ1) is 7.88. The number of nitrogens with one attached hydrogen (secondary N) is 1. The standard InChI is InChI=1S/C12H20N4O/c1-7-5-10(16(4)8(2)6-17)11(12(13)14)9(3)15-7/h5,8,17H,6H2,1-4H3,(H3,13,14). The van der Waals surface area contributed by atoms with Gasteiger partial charge in [-0.2, -0.15) is 0 Å². The van der Waals surface area contributed by atoms with E-state index in [2.05, 4.69) is 4.98 Å². The van der Waals surface area contributed by atoms with E-state index in [-0.39, 0.29) is 18.5 Å². The quantitative estimate of drug-likeness (QED) is 0.533. The third kappa shape index (κ3) is 2.74. The Morgan fingerprint density at radius 3 is 2.65 bits per heavy atom. The van der Waals surface area contributed by atoms with Crippen LogP contribution < -0.4 is 10.6 Å². The largest absolute Gasteiger partial charge is 0.394 e. The molecule has 5 heteroatoms. The summed E-state index contributed by atoms with van der Waals surface area (Å²) in [5.41, 5.74) is 8.69. The van der Waals surface area contributed by atoms with Gasteiger partial charge in [-0.15, -0.1) is 0 Å². The van der Waals surface area contributed by atoms with Gasteiger partial charge >= 0.3 is 0 Å². The van der Waals surface area contributed by atoms with Crippen LogP contribution in [0.1, 0.15) is 23.9 Å². The third-order valence-corrected chi connectivity index (χ3v) is 2.88. The van der Waals surface area contributed by atoms with Gasteiger partial charge in [-0.1, -0.05) is 0 Å². The van der Waals surface area contributed by atoms with Gasteiger partial charge in [-0.25, -0.2) is 0 Å². The minimum absolute atomic E-state index is 0.00184. The molecular formula is C12H20N4O. The fraction of sp³-hybridized carbons (Fsp3) is 0.500. The number of aliphatic hydroxyl groups excluding tert-OH is 1. The first-order valence-corrected chi connectivity index (χ1v) is 5.54. The lowest BCUT2D eigenvalue weighted by atomic mass is 10.1. The second-order valence-electron chi connectivity index (χ2n) is 4.30. The maximum absolute atomic E-state index is 9.19. The molecule has 4 N–H and O–H groups in total. The summed E-state index contributed by atoms with van der Waals surface area (Å²) in [5, 5.41) is 16.8. The third-order valence-electron chi connectivity index (χ3n) is 2.88. The fourth-order valence-corrected chi connectivity index (χ4v) is 1.78. The summed E-state index contributed by atoms with van der Waals surface area (Å²) >= 11 is 0. The van der Waals surface area contributed by atoms with Crippen molar-refractivity contribution in [3.05, 3.63) is 23.0 Å². The second-order valence-corrected chi connectivity index (χ2v) is 4.30. The lowest BCUT2D eigenvalue weighted by Gasteiger charge is -2.28. The number of aryl methyl sites for hydroxylation is 2. The number of likely N-dealkylation sites (N-methyl/N-ethyl adjacent to an activating group) is 1. The highest BCUT2D eigenvalue weighted by Gasteiger charge is 2.17. The van der Waals surface area contributed by atoms with E-state index in [4.69, 9.17) is 11.1 Å². The number of pyridine rings is 1. The minimum Gasteiger partial charge on any atom is -0.394 e. The molecule has 0 radical (unpaired) electrons. The molecule has 1 aromatic heterocycles. The normalized spacial score (nSPS) is 12.3. The van der Waals surface area contributed by atoms with Gasteiger partial charge in [0.2, 0.25) is 0 Å². The van der Waals surface area contributed by atoms with Gasteiger partial charge in [0.1, 0.15) is 5.84 Å². The predicted molar refractivity (Wildman–Crippen MR) is 69.7 cm³/mol. The Morgan fingerprint density at radius 2 is 2.18 bits per heavy atom. The van der Waals surface area contributed by atoms with Crippen molar-refractivity contribution in [2.75, 3.05) is 18.6 Å². The van der Waals surface area contributed by atoms with Crippen molar-refractivity contribution in [3.63, 3.8) is 0 Å². The Morgan fingerprint density at radius 1 is 1.59 bits per heavy atom. The number of nitrogens with zero attached hydrogens (tertiary/aromatic N) is 2. The van der Waals surface area contributed by atoms with Crippen LogP contribution in [0.15, 0.2) is 6.07 Å². The molecule has 0 aromatic carbocycles. The Balaban J connectivity index is 3.35. The van der Waals surface area contributed by atoms with E-state index in [0.717, 1.165) is 17.1 Å².